The lowest BCUT2D eigenvalue weighted by atomic mass is 10.0. The maximum absolute atomic E-state index is 5.51. The lowest BCUT2D eigenvalue weighted by Crippen LogP contribution is -2.49. The van der Waals surface area contributed by atoms with Gasteiger partial charge >= 0.3 is 0 Å². The van der Waals surface area contributed by atoms with Gasteiger partial charge in [-0.25, -0.2) is 0 Å². The van der Waals surface area contributed by atoms with E-state index in [2.05, 4.69) is 31.4 Å². The first-order chi connectivity index (χ1) is 7.03. The first-order valence-corrected chi connectivity index (χ1v) is 6.12. The topological polar surface area (TPSA) is 33.3 Å². The summed E-state index contributed by atoms with van der Waals surface area (Å²) in [6, 6.07) is 0. The number of nitrogens with one attached hydrogen (secondary N) is 2. The van der Waals surface area contributed by atoms with Crippen molar-refractivity contribution < 1.29 is 4.74 Å². The Morgan fingerprint density at radius 3 is 2.80 bits per heavy atom. The zero-order chi connectivity index (χ0) is 11.3. The smallest absolute Gasteiger partial charge is 0.166 e. The average Bonchev–Trinajstić information content (AvgIpc) is 2.66. The Kier molecular flexibility index (Phi) is 4.80. The van der Waals surface area contributed by atoms with Gasteiger partial charge in [0.25, 0.3) is 0 Å². The van der Waals surface area contributed by atoms with Gasteiger partial charge in [0.05, 0.1) is 6.10 Å². The zero-order valence-electron chi connectivity index (χ0n) is 9.93. The SMILES string of the molecule is CCC(C)(C)NC(=S)NCC1CCCO1. The maximum atomic E-state index is 5.51. The minimum Gasteiger partial charge on any atom is -0.376 e. The van der Waals surface area contributed by atoms with E-state index in [1.807, 2.05) is 0 Å². The van der Waals surface area contributed by atoms with Gasteiger partial charge in [0.2, 0.25) is 0 Å². The van der Waals surface area contributed by atoms with E-state index in [1.54, 1.807) is 0 Å². The van der Waals surface area contributed by atoms with E-state index in [1.165, 1.54) is 6.42 Å². The Labute approximate surface area is 98.0 Å². The summed E-state index contributed by atoms with van der Waals surface area (Å²) in [7, 11) is 0. The summed E-state index contributed by atoms with van der Waals surface area (Å²) in [6.45, 7) is 8.16. The van der Waals surface area contributed by atoms with E-state index in [-0.39, 0.29) is 5.54 Å². The predicted octanol–water partition coefficient (Wildman–Crippen LogP) is 1.82. The van der Waals surface area contributed by atoms with Crippen molar-refractivity contribution in [1.82, 2.24) is 10.6 Å². The molecule has 1 atom stereocenters. The average molecular weight is 230 g/mol. The summed E-state index contributed by atoms with van der Waals surface area (Å²) in [5.41, 5.74) is 0.0701. The molecule has 0 bridgehead atoms. The fourth-order valence-corrected chi connectivity index (χ4v) is 1.81. The molecule has 0 aromatic rings. The van der Waals surface area contributed by atoms with Crippen LogP contribution in [0, 0.1) is 0 Å². The third-order valence-electron chi connectivity index (χ3n) is 2.85. The molecule has 1 unspecified atom stereocenters. The van der Waals surface area contributed by atoms with Crippen LogP contribution in [0.3, 0.4) is 0 Å². The highest BCUT2D eigenvalue weighted by Gasteiger charge is 2.18. The molecule has 1 aliphatic heterocycles. The van der Waals surface area contributed by atoms with Crippen molar-refractivity contribution >= 4 is 17.3 Å². The van der Waals surface area contributed by atoms with Gasteiger partial charge in [-0.15, -0.1) is 0 Å². The molecule has 1 fully saturated rings. The van der Waals surface area contributed by atoms with Crippen molar-refractivity contribution in [2.24, 2.45) is 0 Å². The summed E-state index contributed by atoms with van der Waals surface area (Å²) < 4.78 is 5.51. The molecular weight excluding hydrogens is 208 g/mol. The molecule has 0 aliphatic carbocycles. The quantitative estimate of drug-likeness (QED) is 0.722. The standard InChI is InChI=1S/C11H22N2OS/c1-4-11(2,3)13-10(15)12-8-9-6-5-7-14-9/h9H,4-8H2,1-3H3,(H2,12,13,15). The summed E-state index contributed by atoms with van der Waals surface area (Å²) in [4.78, 5) is 0. The van der Waals surface area contributed by atoms with Crippen LogP contribution in [0.2, 0.25) is 0 Å². The Morgan fingerprint density at radius 1 is 1.53 bits per heavy atom. The van der Waals surface area contributed by atoms with Gasteiger partial charge in [-0.1, -0.05) is 6.92 Å². The van der Waals surface area contributed by atoms with Crippen LogP contribution >= 0.6 is 12.2 Å². The van der Waals surface area contributed by atoms with Crippen molar-refractivity contribution in [3.05, 3.63) is 0 Å². The monoisotopic (exact) mass is 230 g/mol. The van der Waals surface area contributed by atoms with Crippen LogP contribution in [-0.4, -0.2) is 29.9 Å². The number of thiocarbonyl (C=S) groups is 1. The molecule has 1 saturated heterocycles. The van der Waals surface area contributed by atoms with Gasteiger partial charge in [0, 0.05) is 18.7 Å². The highest BCUT2D eigenvalue weighted by molar-refractivity contribution is 7.80. The summed E-state index contributed by atoms with van der Waals surface area (Å²) in [5.74, 6) is 0. The molecule has 0 aromatic carbocycles. The van der Waals surface area contributed by atoms with Crippen LogP contribution in [0.1, 0.15) is 40.0 Å². The molecule has 0 radical (unpaired) electrons. The second kappa shape index (κ2) is 5.66. The number of rotatable bonds is 4. The van der Waals surface area contributed by atoms with Gasteiger partial charge in [-0.05, 0) is 45.3 Å². The van der Waals surface area contributed by atoms with Crippen molar-refractivity contribution in [1.29, 1.82) is 0 Å². The molecule has 0 saturated carbocycles. The summed E-state index contributed by atoms with van der Waals surface area (Å²) in [5, 5.41) is 7.24. The summed E-state index contributed by atoms with van der Waals surface area (Å²) >= 11 is 5.23. The second-order valence-corrected chi connectivity index (χ2v) is 5.12. The van der Waals surface area contributed by atoms with Gasteiger partial charge in [0.1, 0.15) is 0 Å². The van der Waals surface area contributed by atoms with Gasteiger partial charge in [0.15, 0.2) is 5.11 Å². The van der Waals surface area contributed by atoms with Crippen molar-refractivity contribution in [2.75, 3.05) is 13.2 Å². The normalized spacial score (nSPS) is 21.4. The van der Waals surface area contributed by atoms with Crippen LogP contribution in [0.25, 0.3) is 0 Å². The Hall–Kier alpha value is -0.350. The maximum Gasteiger partial charge on any atom is 0.166 e. The molecule has 1 heterocycles. The van der Waals surface area contributed by atoms with E-state index in [0.717, 1.165) is 31.1 Å². The Balaban J connectivity index is 2.18. The number of hydrogen-bond donors (Lipinski definition) is 2. The van der Waals surface area contributed by atoms with Gasteiger partial charge < -0.3 is 15.4 Å². The highest BCUT2D eigenvalue weighted by atomic mass is 32.1. The lowest BCUT2D eigenvalue weighted by Gasteiger charge is -2.27. The molecule has 0 spiro atoms. The van der Waals surface area contributed by atoms with E-state index in [4.69, 9.17) is 17.0 Å². The Morgan fingerprint density at radius 2 is 2.27 bits per heavy atom. The second-order valence-electron chi connectivity index (χ2n) is 4.71. The van der Waals surface area contributed by atoms with E-state index >= 15 is 0 Å². The number of hydrogen-bond acceptors (Lipinski definition) is 2. The fraction of sp³-hybridized carbons (Fsp3) is 0.909. The molecule has 4 heteroatoms. The fourth-order valence-electron chi connectivity index (χ4n) is 1.45. The summed E-state index contributed by atoms with van der Waals surface area (Å²) in [6.07, 6.45) is 3.71. The molecule has 0 amide bonds. The predicted molar refractivity (Wildman–Crippen MR) is 67.1 cm³/mol. The van der Waals surface area contributed by atoms with Crippen LogP contribution < -0.4 is 10.6 Å². The van der Waals surface area contributed by atoms with E-state index < -0.39 is 0 Å². The molecule has 88 valence electrons. The highest BCUT2D eigenvalue weighted by Crippen LogP contribution is 2.10. The molecule has 0 aromatic heterocycles. The molecule has 1 aliphatic rings. The third-order valence-corrected chi connectivity index (χ3v) is 3.10. The lowest BCUT2D eigenvalue weighted by molar-refractivity contribution is 0.114. The van der Waals surface area contributed by atoms with Crippen molar-refractivity contribution in [3.63, 3.8) is 0 Å². The minimum absolute atomic E-state index is 0.0701. The van der Waals surface area contributed by atoms with Crippen LogP contribution in [0.5, 0.6) is 0 Å². The largest absolute Gasteiger partial charge is 0.376 e. The Bertz CT molecular complexity index is 213. The molecular formula is C11H22N2OS. The van der Waals surface area contributed by atoms with E-state index in [0.29, 0.717) is 6.10 Å². The first kappa shape index (κ1) is 12.7. The van der Waals surface area contributed by atoms with Crippen LogP contribution in [-0.2, 0) is 4.74 Å². The molecule has 15 heavy (non-hydrogen) atoms. The first-order valence-electron chi connectivity index (χ1n) is 5.71. The third kappa shape index (κ3) is 4.80. The van der Waals surface area contributed by atoms with Crippen LogP contribution in [0.4, 0.5) is 0 Å². The van der Waals surface area contributed by atoms with Crippen molar-refractivity contribution in [2.45, 2.75) is 51.7 Å². The molecule has 1 rings (SSSR count). The minimum atomic E-state index is 0.0701. The van der Waals surface area contributed by atoms with Crippen molar-refractivity contribution in [3.8, 4) is 0 Å². The zero-order valence-corrected chi connectivity index (χ0v) is 10.7. The molecule has 2 N–H and O–H groups in total. The van der Waals surface area contributed by atoms with Gasteiger partial charge in [-0.2, -0.15) is 0 Å². The molecule has 3 nitrogen and oxygen atoms in total. The van der Waals surface area contributed by atoms with Crippen LogP contribution in [0.15, 0.2) is 0 Å². The van der Waals surface area contributed by atoms with Gasteiger partial charge in [-0.3, -0.25) is 0 Å². The van der Waals surface area contributed by atoms with E-state index in [9.17, 15) is 0 Å². The number of ether oxygens (including phenoxy) is 1.